The average Bonchev–Trinajstić information content (AvgIpc) is 3.40. The molecule has 0 bridgehead atoms. The molecule has 1 aromatic heterocycles. The van der Waals surface area contributed by atoms with Crippen molar-refractivity contribution in [2.45, 2.75) is 19.3 Å². The Labute approximate surface area is 254 Å². The van der Waals surface area contributed by atoms with E-state index >= 15 is 0 Å². The van der Waals surface area contributed by atoms with Crippen molar-refractivity contribution in [2.24, 2.45) is 0 Å². The molecule has 0 spiro atoms. The molecule has 2 amide bonds. The number of amides is 2. The number of carbonyl (C=O) groups is 2. The zero-order valence-corrected chi connectivity index (χ0v) is 25.0. The predicted octanol–water partition coefficient (Wildman–Crippen LogP) is 5.20. The van der Waals surface area contributed by atoms with Crippen molar-refractivity contribution in [1.82, 2.24) is 14.8 Å². The molecule has 43 heavy (non-hydrogen) atoms. The molecule has 1 fully saturated rings. The van der Waals surface area contributed by atoms with Crippen molar-refractivity contribution >= 4 is 44.2 Å². The second kappa shape index (κ2) is 12.6. The summed E-state index contributed by atoms with van der Waals surface area (Å²) >= 11 is 1.23. The van der Waals surface area contributed by atoms with Gasteiger partial charge in [-0.3, -0.25) is 14.5 Å². The van der Waals surface area contributed by atoms with E-state index in [1.807, 2.05) is 6.07 Å². The first-order valence-corrected chi connectivity index (χ1v) is 14.6. The number of rotatable bonds is 8. The van der Waals surface area contributed by atoms with Gasteiger partial charge in [0.1, 0.15) is 23.1 Å². The number of hydrogen-bond acceptors (Lipinski definition) is 9. The van der Waals surface area contributed by atoms with E-state index in [0.29, 0.717) is 50.2 Å². The zero-order chi connectivity index (χ0) is 30.6. The van der Waals surface area contributed by atoms with Gasteiger partial charge in [0.15, 0.2) is 5.13 Å². The molecule has 5 rings (SSSR count). The molecule has 0 radical (unpaired) electrons. The lowest BCUT2D eigenvalue weighted by Gasteiger charge is -2.31. The lowest BCUT2D eigenvalue weighted by molar-refractivity contribution is -0.117. The van der Waals surface area contributed by atoms with Crippen LogP contribution < -0.4 is 15.4 Å². The summed E-state index contributed by atoms with van der Waals surface area (Å²) in [7, 11) is 2.07. The highest BCUT2D eigenvalue weighted by Gasteiger charge is 2.22. The molecule has 0 atom stereocenters. The number of aromatic nitrogens is 1. The maximum absolute atomic E-state index is 13.0. The number of likely N-dealkylation sites (N-methyl/N-ethyl adjacent to an activating group) is 1. The Bertz CT molecular complexity index is 1760. The van der Waals surface area contributed by atoms with Crippen LogP contribution in [0.25, 0.3) is 10.2 Å². The van der Waals surface area contributed by atoms with Crippen LogP contribution in [0.15, 0.2) is 60.7 Å². The number of thiazole rings is 1. The minimum atomic E-state index is -0.724. The molecule has 11 heteroatoms. The van der Waals surface area contributed by atoms with Crippen LogP contribution in [0, 0.1) is 22.7 Å². The number of nitrogens with zero attached hydrogens (tertiary/aromatic N) is 5. The van der Waals surface area contributed by atoms with Gasteiger partial charge in [0, 0.05) is 43.5 Å². The van der Waals surface area contributed by atoms with Crippen molar-refractivity contribution in [2.75, 3.05) is 50.4 Å². The van der Waals surface area contributed by atoms with Gasteiger partial charge in [-0.1, -0.05) is 29.5 Å². The minimum Gasteiger partial charge on any atom is -0.456 e. The molecule has 4 aromatic rings. The van der Waals surface area contributed by atoms with E-state index in [1.54, 1.807) is 68.4 Å². The molecule has 0 aliphatic carbocycles. The molecule has 2 N–H and O–H groups in total. The van der Waals surface area contributed by atoms with Gasteiger partial charge in [-0.2, -0.15) is 10.5 Å². The van der Waals surface area contributed by atoms with Crippen LogP contribution in [-0.2, 0) is 10.2 Å². The quantitative estimate of drug-likeness (QED) is 0.285. The third kappa shape index (κ3) is 6.99. The van der Waals surface area contributed by atoms with Gasteiger partial charge in [0.05, 0.1) is 28.2 Å². The van der Waals surface area contributed by atoms with Crippen LogP contribution in [0.2, 0.25) is 0 Å². The summed E-state index contributed by atoms with van der Waals surface area (Å²) in [6.07, 6.45) is 0. The van der Waals surface area contributed by atoms with Gasteiger partial charge in [0.2, 0.25) is 5.91 Å². The second-order valence-electron chi connectivity index (χ2n) is 10.9. The number of nitrogens with one attached hydrogen (secondary N) is 2. The Morgan fingerprint density at radius 3 is 2.53 bits per heavy atom. The summed E-state index contributed by atoms with van der Waals surface area (Å²) in [5, 5.41) is 25.6. The van der Waals surface area contributed by atoms with Gasteiger partial charge in [-0.15, -0.1) is 0 Å². The van der Waals surface area contributed by atoms with Crippen LogP contribution in [0.1, 0.15) is 35.3 Å². The fourth-order valence-corrected chi connectivity index (χ4v) is 5.64. The van der Waals surface area contributed by atoms with E-state index in [-0.39, 0.29) is 11.8 Å². The number of piperazine rings is 1. The highest BCUT2D eigenvalue weighted by molar-refractivity contribution is 7.22. The third-order valence-corrected chi connectivity index (χ3v) is 8.29. The molecule has 10 nitrogen and oxygen atoms in total. The molecule has 2 heterocycles. The molecular formula is C32H31N7O3S. The van der Waals surface area contributed by atoms with Crippen LogP contribution in [0.4, 0.5) is 10.8 Å². The smallest absolute Gasteiger partial charge is 0.255 e. The number of hydrogen-bond donors (Lipinski definition) is 2. The number of fused-ring (bicyclic) bond motifs is 1. The lowest BCUT2D eigenvalue weighted by atomic mass is 9.85. The van der Waals surface area contributed by atoms with Crippen molar-refractivity contribution in [3.63, 3.8) is 0 Å². The van der Waals surface area contributed by atoms with E-state index < -0.39 is 5.41 Å². The van der Waals surface area contributed by atoms with E-state index in [0.717, 1.165) is 31.7 Å². The first kappa shape index (κ1) is 29.7. The fourth-order valence-electron chi connectivity index (χ4n) is 4.67. The van der Waals surface area contributed by atoms with Gasteiger partial charge in [-0.25, -0.2) is 4.98 Å². The summed E-state index contributed by atoms with van der Waals surface area (Å²) in [6.45, 7) is 7.41. The Morgan fingerprint density at radius 2 is 1.79 bits per heavy atom. The maximum atomic E-state index is 13.0. The summed E-state index contributed by atoms with van der Waals surface area (Å²) in [5.41, 5.74) is 1.86. The highest BCUT2D eigenvalue weighted by Crippen LogP contribution is 2.36. The molecule has 1 aliphatic heterocycles. The van der Waals surface area contributed by atoms with E-state index in [4.69, 9.17) is 4.74 Å². The summed E-state index contributed by atoms with van der Waals surface area (Å²) in [5.74, 6) is 0.304. The Kier molecular flexibility index (Phi) is 8.69. The monoisotopic (exact) mass is 593 g/mol. The summed E-state index contributed by atoms with van der Waals surface area (Å²) in [6, 6.07) is 21.8. The van der Waals surface area contributed by atoms with Crippen LogP contribution in [0.3, 0.4) is 0 Å². The van der Waals surface area contributed by atoms with Crippen molar-refractivity contribution in [1.29, 1.82) is 10.5 Å². The molecule has 218 valence electrons. The first-order chi connectivity index (χ1) is 20.6. The number of anilines is 2. The van der Waals surface area contributed by atoms with E-state index in [1.165, 1.54) is 11.3 Å². The molecule has 0 saturated carbocycles. The summed E-state index contributed by atoms with van der Waals surface area (Å²) in [4.78, 5) is 34.5. The number of ether oxygens (including phenoxy) is 1. The number of carbonyl (C=O) groups excluding carboxylic acids is 2. The zero-order valence-electron chi connectivity index (χ0n) is 24.2. The van der Waals surface area contributed by atoms with Crippen LogP contribution in [-0.4, -0.2) is 66.4 Å². The molecule has 1 aliphatic rings. The van der Waals surface area contributed by atoms with Gasteiger partial charge in [-0.05, 0) is 62.9 Å². The Morgan fingerprint density at radius 1 is 1.02 bits per heavy atom. The van der Waals surface area contributed by atoms with Crippen molar-refractivity contribution < 1.29 is 14.3 Å². The lowest BCUT2D eigenvalue weighted by Crippen LogP contribution is -2.47. The van der Waals surface area contributed by atoms with E-state index in [2.05, 4.69) is 44.6 Å². The SMILES string of the molecule is CN1CCN(CC(=O)Nc2nc3ccc(Oc4cccc(NC(=O)c5cccc(C(C)(C)C#N)c5)c4)c(C#N)c3s2)CC1. The van der Waals surface area contributed by atoms with Crippen LogP contribution >= 0.6 is 11.3 Å². The molecule has 1 saturated heterocycles. The van der Waals surface area contributed by atoms with Gasteiger partial charge in [0.25, 0.3) is 5.91 Å². The van der Waals surface area contributed by atoms with Gasteiger partial charge < -0.3 is 20.3 Å². The number of benzene rings is 3. The Hall–Kier alpha value is -4.81. The first-order valence-electron chi connectivity index (χ1n) is 13.8. The predicted molar refractivity (Wildman–Crippen MR) is 166 cm³/mol. The topological polar surface area (TPSA) is 134 Å². The minimum absolute atomic E-state index is 0.141. The van der Waals surface area contributed by atoms with Crippen molar-refractivity contribution in [3.05, 3.63) is 77.4 Å². The summed E-state index contributed by atoms with van der Waals surface area (Å²) < 4.78 is 6.70. The fraction of sp³-hybridized carbons (Fsp3) is 0.281. The molecule has 0 unspecified atom stereocenters. The van der Waals surface area contributed by atoms with Crippen molar-refractivity contribution in [3.8, 4) is 23.6 Å². The second-order valence-corrected chi connectivity index (χ2v) is 11.9. The normalized spacial score (nSPS) is 14.1. The van der Waals surface area contributed by atoms with Gasteiger partial charge >= 0.3 is 0 Å². The Balaban J connectivity index is 1.29. The maximum Gasteiger partial charge on any atom is 0.255 e. The molecular weight excluding hydrogens is 562 g/mol. The standard InChI is InChI=1S/C32H31N7O3S/c1-32(2,20-34)22-7-4-6-21(16-22)30(41)35-23-8-5-9-24(17-23)42-27-11-10-26-29(25(27)18-33)43-31(36-26)37-28(40)19-39-14-12-38(3)13-15-39/h4-11,16-17H,12-15,19H2,1-3H3,(H,35,41)(H,36,37,40). The van der Waals surface area contributed by atoms with E-state index in [9.17, 15) is 20.1 Å². The van der Waals surface area contributed by atoms with Crippen LogP contribution in [0.5, 0.6) is 11.5 Å². The largest absolute Gasteiger partial charge is 0.456 e. The number of nitriles is 2. The highest BCUT2D eigenvalue weighted by atomic mass is 32.1. The third-order valence-electron chi connectivity index (χ3n) is 7.29. The molecule has 3 aromatic carbocycles. The average molecular weight is 594 g/mol.